The highest BCUT2D eigenvalue weighted by Crippen LogP contribution is 2.47. The van der Waals surface area contributed by atoms with Crippen molar-refractivity contribution in [3.05, 3.63) is 76.1 Å². The summed E-state index contributed by atoms with van der Waals surface area (Å²) in [6, 6.07) is 12.5. The van der Waals surface area contributed by atoms with Gasteiger partial charge in [0.25, 0.3) is 0 Å². The van der Waals surface area contributed by atoms with Crippen molar-refractivity contribution in [1.29, 1.82) is 0 Å². The Morgan fingerprint density at radius 2 is 1.61 bits per heavy atom. The first-order valence-corrected chi connectivity index (χ1v) is 13.4. The first-order valence-electron chi connectivity index (χ1n) is 13.4. The zero-order chi connectivity index (χ0) is 26.8. The molecule has 2 unspecified atom stereocenters. The number of hydrogen-bond acceptors (Lipinski definition) is 7. The van der Waals surface area contributed by atoms with Crippen LogP contribution in [0.25, 0.3) is 0 Å². The van der Waals surface area contributed by atoms with E-state index >= 15 is 0 Å². The van der Waals surface area contributed by atoms with Crippen LogP contribution in [0.5, 0.6) is 17.2 Å². The Morgan fingerprint density at radius 1 is 0.921 bits per heavy atom. The molecule has 1 aliphatic heterocycles. The van der Waals surface area contributed by atoms with Crippen LogP contribution in [0.15, 0.2) is 65.0 Å². The van der Waals surface area contributed by atoms with Gasteiger partial charge in [0, 0.05) is 29.3 Å². The monoisotopic (exact) mass is 517 g/mol. The Hall–Kier alpha value is -3.74. The molecule has 0 amide bonds. The number of nitrogens with one attached hydrogen (secondary N) is 1. The summed E-state index contributed by atoms with van der Waals surface area (Å²) < 4.78 is 16.9. The fourth-order valence-electron chi connectivity index (χ4n) is 6.05. The number of allylic oxidation sites excluding steroid dienone is 3. The molecule has 2 aromatic carbocycles. The van der Waals surface area contributed by atoms with E-state index in [1.807, 2.05) is 25.1 Å². The molecule has 2 atom stereocenters. The number of ketones is 1. The molecule has 2 aromatic rings. The average molecular weight is 518 g/mol. The molecule has 7 nitrogen and oxygen atoms in total. The fraction of sp³-hybridized carbons (Fsp3) is 0.419. The van der Waals surface area contributed by atoms with E-state index in [2.05, 4.69) is 5.32 Å². The third kappa shape index (κ3) is 5.02. The van der Waals surface area contributed by atoms with Gasteiger partial charge in [0.1, 0.15) is 11.9 Å². The van der Waals surface area contributed by atoms with Crippen molar-refractivity contribution in [2.75, 3.05) is 14.2 Å². The summed E-state index contributed by atoms with van der Waals surface area (Å²) in [7, 11) is 3.20. The Kier molecular flexibility index (Phi) is 7.45. The Bertz CT molecular complexity index is 1290. The number of aromatic hydroxyl groups is 1. The van der Waals surface area contributed by atoms with Gasteiger partial charge in [0.15, 0.2) is 17.3 Å². The lowest BCUT2D eigenvalue weighted by atomic mass is 9.71. The van der Waals surface area contributed by atoms with Gasteiger partial charge >= 0.3 is 5.97 Å². The minimum atomic E-state index is -0.554. The highest BCUT2D eigenvalue weighted by Gasteiger charge is 2.42. The van der Waals surface area contributed by atoms with Crippen LogP contribution in [0.3, 0.4) is 0 Å². The second-order valence-electron chi connectivity index (χ2n) is 10.4. The van der Waals surface area contributed by atoms with Gasteiger partial charge in [-0.1, -0.05) is 24.6 Å². The minimum Gasteiger partial charge on any atom is -0.508 e. The molecule has 2 N–H and O–H groups in total. The number of carbonyl (C=O) groups is 2. The molecule has 0 saturated heterocycles. The first-order chi connectivity index (χ1) is 18.4. The molecular formula is C31H35NO6. The molecule has 38 heavy (non-hydrogen) atoms. The third-order valence-electron chi connectivity index (χ3n) is 7.98. The zero-order valence-corrected chi connectivity index (χ0v) is 22.2. The number of benzene rings is 2. The number of rotatable bonds is 6. The molecule has 7 heteroatoms. The van der Waals surface area contributed by atoms with Gasteiger partial charge in [-0.3, -0.25) is 4.79 Å². The lowest BCUT2D eigenvalue weighted by Crippen LogP contribution is -2.37. The number of esters is 1. The fourth-order valence-corrected chi connectivity index (χ4v) is 6.05. The van der Waals surface area contributed by atoms with Crippen LogP contribution in [0, 0.1) is 0 Å². The number of hydrogen-bond donors (Lipinski definition) is 2. The van der Waals surface area contributed by atoms with Gasteiger partial charge in [-0.2, -0.15) is 0 Å². The normalized spacial score (nSPS) is 22.0. The lowest BCUT2D eigenvalue weighted by molar-refractivity contribution is -0.146. The van der Waals surface area contributed by atoms with Crippen molar-refractivity contribution in [1.82, 2.24) is 5.32 Å². The smallest absolute Gasteiger partial charge is 0.337 e. The van der Waals surface area contributed by atoms with Crippen molar-refractivity contribution >= 4 is 11.8 Å². The van der Waals surface area contributed by atoms with Crippen LogP contribution < -0.4 is 14.8 Å². The Balaban J connectivity index is 1.51. The molecule has 0 radical (unpaired) electrons. The standard InChI is InChI=1S/C31H35NO6/c1-18-28(31(35)38-23-7-5-4-6-8-23)29(19-9-12-22(33)13-10-19)30-24(32-18)15-21(16-25(30)34)20-11-14-26(36-2)27(17-20)37-3/h9-14,17,21,23,29,32-33H,4-8,15-16H2,1-3H3. The number of methoxy groups -OCH3 is 2. The van der Waals surface area contributed by atoms with Gasteiger partial charge in [0.05, 0.1) is 19.8 Å². The van der Waals surface area contributed by atoms with Crippen LogP contribution in [-0.2, 0) is 14.3 Å². The van der Waals surface area contributed by atoms with Crippen LogP contribution in [0.4, 0.5) is 0 Å². The van der Waals surface area contributed by atoms with Crippen molar-refractivity contribution in [2.45, 2.75) is 69.8 Å². The van der Waals surface area contributed by atoms with Crippen LogP contribution in [-0.4, -0.2) is 37.2 Å². The highest BCUT2D eigenvalue weighted by atomic mass is 16.5. The molecule has 0 bridgehead atoms. The number of phenolic OH excluding ortho intramolecular Hbond substituents is 1. The van der Waals surface area contributed by atoms with E-state index in [4.69, 9.17) is 14.2 Å². The van der Waals surface area contributed by atoms with Crippen molar-refractivity contribution in [3.63, 3.8) is 0 Å². The molecule has 2 aliphatic carbocycles. The van der Waals surface area contributed by atoms with E-state index in [1.165, 1.54) is 6.42 Å². The maximum Gasteiger partial charge on any atom is 0.337 e. The van der Waals surface area contributed by atoms with Crippen molar-refractivity contribution in [3.8, 4) is 17.2 Å². The number of phenols is 1. The van der Waals surface area contributed by atoms with Gasteiger partial charge in [0.2, 0.25) is 0 Å². The quantitative estimate of drug-likeness (QED) is 0.479. The predicted octanol–water partition coefficient (Wildman–Crippen LogP) is 5.65. The van der Waals surface area contributed by atoms with Gasteiger partial charge in [-0.25, -0.2) is 4.79 Å². The molecule has 1 fully saturated rings. The SMILES string of the molecule is COc1ccc(C2CC(=O)C3=C(C2)NC(C)=C(C(=O)OC2CCCCC2)C3c2ccc(O)cc2)cc1OC. The van der Waals surface area contributed by atoms with Gasteiger partial charge in [-0.05, 0) is 80.3 Å². The molecule has 5 rings (SSSR count). The van der Waals surface area contributed by atoms with E-state index in [9.17, 15) is 14.7 Å². The Labute approximate surface area is 223 Å². The van der Waals surface area contributed by atoms with Crippen molar-refractivity contribution in [2.24, 2.45) is 0 Å². The van der Waals surface area contributed by atoms with Gasteiger partial charge < -0.3 is 24.6 Å². The summed E-state index contributed by atoms with van der Waals surface area (Å²) >= 11 is 0. The zero-order valence-electron chi connectivity index (χ0n) is 22.2. The summed E-state index contributed by atoms with van der Waals surface area (Å²) in [5, 5.41) is 13.3. The second-order valence-corrected chi connectivity index (χ2v) is 10.4. The maximum absolute atomic E-state index is 13.8. The van der Waals surface area contributed by atoms with Gasteiger partial charge in [-0.15, -0.1) is 0 Å². The minimum absolute atomic E-state index is 0.00734. The predicted molar refractivity (Wildman–Crippen MR) is 143 cm³/mol. The summed E-state index contributed by atoms with van der Waals surface area (Å²) in [6.07, 6.45) is 5.86. The molecule has 0 aromatic heterocycles. The number of Topliss-reactive ketones (excluding diaryl/α,β-unsaturated/α-hetero) is 1. The van der Waals surface area contributed by atoms with E-state index in [-0.39, 0.29) is 29.5 Å². The maximum atomic E-state index is 13.8. The molecular weight excluding hydrogens is 482 g/mol. The van der Waals surface area contributed by atoms with E-state index < -0.39 is 5.92 Å². The largest absolute Gasteiger partial charge is 0.508 e. The van der Waals surface area contributed by atoms with Crippen molar-refractivity contribution < 1.29 is 28.9 Å². The lowest BCUT2D eigenvalue weighted by Gasteiger charge is -2.37. The van der Waals surface area contributed by atoms with Crippen LogP contribution >= 0.6 is 0 Å². The van der Waals surface area contributed by atoms with E-state index in [0.717, 1.165) is 42.5 Å². The third-order valence-corrected chi connectivity index (χ3v) is 7.98. The van der Waals surface area contributed by atoms with E-state index in [1.54, 1.807) is 38.5 Å². The molecule has 200 valence electrons. The number of carbonyl (C=O) groups excluding carboxylic acids is 2. The van der Waals surface area contributed by atoms with Crippen LogP contribution in [0.2, 0.25) is 0 Å². The molecule has 1 saturated carbocycles. The summed E-state index contributed by atoms with van der Waals surface area (Å²) in [5.74, 6) is 0.418. The van der Waals surface area contributed by atoms with Crippen LogP contribution in [0.1, 0.15) is 74.8 Å². The topological polar surface area (TPSA) is 94.1 Å². The molecule has 0 spiro atoms. The highest BCUT2D eigenvalue weighted by molar-refractivity contribution is 6.04. The number of ether oxygens (including phenoxy) is 3. The average Bonchev–Trinajstić information content (AvgIpc) is 2.92. The second kappa shape index (κ2) is 10.9. The molecule has 1 heterocycles. The molecule has 3 aliphatic rings. The summed E-state index contributed by atoms with van der Waals surface area (Å²) in [4.78, 5) is 27.4. The van der Waals surface area contributed by atoms with E-state index in [0.29, 0.717) is 41.2 Å². The number of dihydropyridines is 1. The summed E-state index contributed by atoms with van der Waals surface area (Å²) in [6.45, 7) is 1.87. The Morgan fingerprint density at radius 3 is 2.29 bits per heavy atom. The first kappa shape index (κ1) is 25.9. The summed E-state index contributed by atoms with van der Waals surface area (Å²) in [5.41, 5.74) is 4.38.